The van der Waals surface area contributed by atoms with Crippen LogP contribution in [0, 0.1) is 20.2 Å². The minimum atomic E-state index is -3.55. The summed E-state index contributed by atoms with van der Waals surface area (Å²) in [6.07, 6.45) is 1.86. The van der Waals surface area contributed by atoms with Crippen molar-refractivity contribution >= 4 is 63.2 Å². The van der Waals surface area contributed by atoms with Gasteiger partial charge in [-0.05, 0) is 24.3 Å². The van der Waals surface area contributed by atoms with E-state index in [0.29, 0.717) is 27.7 Å². The molecule has 1 N–H and O–H groups in total. The number of aliphatic hydroxyl groups is 1. The lowest BCUT2D eigenvalue weighted by Crippen LogP contribution is -2.01. The SMILES string of the molecule is CS(=O)(=O)Cl.CS(=O)(=O)OCc1cc2cc([N+](=O)[O-])ccc2o1.O=[N+]([O-])c1ccc2oc(CO)cc2c1. The number of aliphatic hydroxyl groups excluding tert-OH is 1. The van der Waals surface area contributed by atoms with E-state index in [1.807, 2.05) is 0 Å². The third-order valence-corrected chi connectivity index (χ3v) is 4.64. The summed E-state index contributed by atoms with van der Waals surface area (Å²) in [6.45, 7) is -0.441. The van der Waals surface area contributed by atoms with E-state index < -0.39 is 29.0 Å². The van der Waals surface area contributed by atoms with Crippen LogP contribution in [-0.2, 0) is 36.6 Å². The van der Waals surface area contributed by atoms with Gasteiger partial charge in [0.15, 0.2) is 0 Å². The van der Waals surface area contributed by atoms with E-state index in [-0.39, 0.29) is 30.3 Å². The summed E-state index contributed by atoms with van der Waals surface area (Å²) in [4.78, 5) is 20.0. The van der Waals surface area contributed by atoms with Gasteiger partial charge in [-0.1, -0.05) is 0 Å². The highest BCUT2D eigenvalue weighted by Gasteiger charge is 2.12. The molecule has 0 unspecified atom stereocenters. The number of hydrogen-bond acceptors (Lipinski definition) is 12. The van der Waals surface area contributed by atoms with Gasteiger partial charge in [-0.3, -0.25) is 24.4 Å². The predicted molar refractivity (Wildman–Crippen MR) is 132 cm³/mol. The Kier molecular flexibility index (Phi) is 9.71. The highest BCUT2D eigenvalue weighted by atomic mass is 35.7. The quantitative estimate of drug-likeness (QED) is 0.150. The lowest BCUT2D eigenvalue weighted by Gasteiger charge is -1.96. The van der Waals surface area contributed by atoms with E-state index >= 15 is 0 Å². The van der Waals surface area contributed by atoms with Crippen LogP contribution < -0.4 is 0 Å². The summed E-state index contributed by atoms with van der Waals surface area (Å²) < 4.78 is 55.4. The Balaban J connectivity index is 0.000000225. The summed E-state index contributed by atoms with van der Waals surface area (Å²) in [5, 5.41) is 31.0. The van der Waals surface area contributed by atoms with Gasteiger partial charge in [0, 0.05) is 45.7 Å². The zero-order valence-electron chi connectivity index (χ0n) is 19.1. The lowest BCUT2D eigenvalue weighted by atomic mass is 10.2. The van der Waals surface area contributed by atoms with Crippen LogP contribution in [0.3, 0.4) is 0 Å². The summed E-state index contributed by atoms with van der Waals surface area (Å²) in [5.74, 6) is 0.691. The molecule has 0 spiro atoms. The molecule has 17 heteroatoms. The normalized spacial score (nSPS) is 11.4. The Bertz CT molecular complexity index is 1630. The zero-order chi connectivity index (χ0) is 28.0. The van der Waals surface area contributed by atoms with Crippen molar-refractivity contribution in [2.75, 3.05) is 12.5 Å². The predicted octanol–water partition coefficient (Wildman–Crippen LogP) is 3.84. The summed E-state index contributed by atoms with van der Waals surface area (Å²) in [7, 11) is -2.24. The van der Waals surface area contributed by atoms with Gasteiger partial charge in [0.2, 0.25) is 9.05 Å². The average molecular weight is 579 g/mol. The van der Waals surface area contributed by atoms with E-state index in [1.54, 1.807) is 6.07 Å². The first kappa shape index (κ1) is 29.7. The van der Waals surface area contributed by atoms with Gasteiger partial charge in [0.25, 0.3) is 21.5 Å². The molecular weight excluding hydrogens is 560 g/mol. The standard InChI is InChI=1S/C10H9NO6S.C9H7NO4.CH3ClO2S/c1-18(14,15)16-6-9-5-7-4-8(11(12)13)2-3-10(7)17-9;11-5-8-4-6-3-7(10(12)13)1-2-9(6)14-8;1-5(2,3)4/h2-5H,6H2,1H3;1-4,11H,5H2;1H3. The fourth-order valence-electron chi connectivity index (χ4n) is 2.71. The molecule has 0 atom stereocenters. The van der Waals surface area contributed by atoms with Crippen molar-refractivity contribution < 1.29 is 44.8 Å². The van der Waals surface area contributed by atoms with Gasteiger partial charge in [0.05, 0.1) is 22.4 Å². The van der Waals surface area contributed by atoms with Gasteiger partial charge in [-0.2, -0.15) is 8.42 Å². The van der Waals surface area contributed by atoms with Crippen LogP contribution in [0.4, 0.5) is 11.4 Å². The van der Waals surface area contributed by atoms with Crippen LogP contribution in [0.2, 0.25) is 0 Å². The number of benzene rings is 2. The molecule has 2 aromatic heterocycles. The number of rotatable bonds is 6. The third-order valence-electron chi connectivity index (χ3n) is 4.09. The second kappa shape index (κ2) is 12.1. The van der Waals surface area contributed by atoms with Crippen molar-refractivity contribution in [3.8, 4) is 0 Å². The number of non-ortho nitro benzene ring substituents is 2. The first-order chi connectivity index (χ1) is 17.1. The Labute approximate surface area is 213 Å². The fraction of sp³-hybridized carbons (Fsp3) is 0.200. The molecule has 0 saturated carbocycles. The first-order valence-corrected chi connectivity index (χ1v) is 14.3. The number of fused-ring (bicyclic) bond motifs is 2. The molecule has 0 bridgehead atoms. The van der Waals surface area contributed by atoms with Crippen molar-refractivity contribution in [2.24, 2.45) is 0 Å². The van der Waals surface area contributed by atoms with Crippen molar-refractivity contribution in [2.45, 2.75) is 13.2 Å². The molecule has 14 nitrogen and oxygen atoms in total. The van der Waals surface area contributed by atoms with E-state index in [2.05, 4.69) is 14.9 Å². The van der Waals surface area contributed by atoms with Gasteiger partial charge >= 0.3 is 0 Å². The van der Waals surface area contributed by atoms with Crippen LogP contribution >= 0.6 is 10.7 Å². The molecule has 2 heterocycles. The first-order valence-electron chi connectivity index (χ1n) is 9.74. The summed E-state index contributed by atoms with van der Waals surface area (Å²) >= 11 is 0. The van der Waals surface area contributed by atoms with Gasteiger partial charge in [0.1, 0.15) is 35.9 Å². The van der Waals surface area contributed by atoms with E-state index in [1.165, 1.54) is 42.5 Å². The molecule has 0 amide bonds. The summed E-state index contributed by atoms with van der Waals surface area (Å²) in [6, 6.07) is 11.5. The number of nitro groups is 2. The van der Waals surface area contributed by atoms with Crippen LogP contribution in [0.1, 0.15) is 11.5 Å². The van der Waals surface area contributed by atoms with Crippen molar-refractivity contribution in [1.29, 1.82) is 0 Å². The van der Waals surface area contributed by atoms with Gasteiger partial charge in [-0.25, -0.2) is 8.42 Å². The van der Waals surface area contributed by atoms with Crippen LogP contribution in [0.25, 0.3) is 21.9 Å². The smallest absolute Gasteiger partial charge is 0.270 e. The second-order valence-electron chi connectivity index (χ2n) is 7.19. The highest BCUT2D eigenvalue weighted by molar-refractivity contribution is 8.13. The van der Waals surface area contributed by atoms with E-state index in [9.17, 15) is 37.1 Å². The molecular formula is C20H19ClN2O12S2. The molecule has 0 aliphatic heterocycles. The molecule has 0 fully saturated rings. The van der Waals surface area contributed by atoms with Crippen molar-refractivity contribution in [3.63, 3.8) is 0 Å². The Morgan fingerprint density at radius 3 is 1.62 bits per heavy atom. The van der Waals surface area contributed by atoms with Crippen molar-refractivity contribution in [1.82, 2.24) is 0 Å². The van der Waals surface area contributed by atoms with Crippen LogP contribution in [0.15, 0.2) is 57.4 Å². The second-order valence-corrected chi connectivity index (χ2v) is 11.9. The van der Waals surface area contributed by atoms with Crippen molar-refractivity contribution in [3.05, 3.63) is 80.3 Å². The lowest BCUT2D eigenvalue weighted by molar-refractivity contribution is -0.384. The van der Waals surface area contributed by atoms with E-state index in [0.717, 1.165) is 12.5 Å². The molecule has 4 aromatic rings. The van der Waals surface area contributed by atoms with Crippen LogP contribution in [0.5, 0.6) is 0 Å². The van der Waals surface area contributed by atoms with Gasteiger partial charge in [-0.15, -0.1) is 0 Å². The van der Waals surface area contributed by atoms with Crippen LogP contribution in [-0.4, -0.2) is 44.3 Å². The molecule has 2 aromatic carbocycles. The molecule has 200 valence electrons. The maximum atomic E-state index is 10.8. The molecule has 0 aliphatic carbocycles. The molecule has 4 rings (SSSR count). The Morgan fingerprint density at radius 1 is 0.838 bits per heavy atom. The fourth-order valence-corrected chi connectivity index (χ4v) is 3.04. The third kappa shape index (κ3) is 10.1. The maximum absolute atomic E-state index is 10.8. The number of halogens is 1. The molecule has 0 radical (unpaired) electrons. The molecule has 0 saturated heterocycles. The number of furan rings is 2. The number of nitrogens with zero attached hydrogens (tertiary/aromatic N) is 2. The van der Waals surface area contributed by atoms with E-state index in [4.69, 9.17) is 13.9 Å². The minimum Gasteiger partial charge on any atom is -0.459 e. The molecule has 37 heavy (non-hydrogen) atoms. The number of hydrogen-bond donors (Lipinski definition) is 1. The zero-order valence-corrected chi connectivity index (χ0v) is 21.4. The maximum Gasteiger partial charge on any atom is 0.270 e. The Morgan fingerprint density at radius 2 is 1.24 bits per heavy atom. The average Bonchev–Trinajstić information content (AvgIpc) is 3.38. The van der Waals surface area contributed by atoms with Gasteiger partial charge < -0.3 is 13.9 Å². The molecule has 0 aliphatic rings. The largest absolute Gasteiger partial charge is 0.459 e. The summed E-state index contributed by atoms with van der Waals surface area (Å²) in [5.41, 5.74) is 0.939. The Hall–Kier alpha value is -3.57. The minimum absolute atomic E-state index is 0.0165. The highest BCUT2D eigenvalue weighted by Crippen LogP contribution is 2.25. The topological polar surface area (TPSA) is 210 Å². The monoisotopic (exact) mass is 578 g/mol. The number of nitro benzene ring substituents is 2.